The van der Waals surface area contributed by atoms with Gasteiger partial charge < -0.3 is 35.5 Å². The van der Waals surface area contributed by atoms with Crippen molar-refractivity contribution in [3.63, 3.8) is 0 Å². The Morgan fingerprint density at radius 2 is 1.80 bits per heavy atom. The van der Waals surface area contributed by atoms with Crippen LogP contribution in [-0.4, -0.2) is 101 Å². The molecule has 1 aromatic carbocycles. The number of aliphatic hydroxyl groups is 3. The molecule has 0 saturated carbocycles. The number of allylic oxidation sites excluding steroid dienone is 1. The number of likely N-dealkylation sites (tertiary alicyclic amines) is 1. The van der Waals surface area contributed by atoms with E-state index < -0.39 is 58.0 Å². The van der Waals surface area contributed by atoms with Gasteiger partial charge in [0.15, 0.2) is 11.4 Å². The third kappa shape index (κ3) is 4.26. The number of anilines is 1. The second kappa shape index (κ2) is 10.5. The Kier molecular flexibility index (Phi) is 7.14. The van der Waals surface area contributed by atoms with E-state index in [-0.39, 0.29) is 29.7 Å². The molecular formula is C32H38N4O8. The van der Waals surface area contributed by atoms with Gasteiger partial charge in [0.2, 0.25) is 5.78 Å². The van der Waals surface area contributed by atoms with Crippen molar-refractivity contribution in [3.8, 4) is 17.1 Å². The van der Waals surface area contributed by atoms with Gasteiger partial charge in [-0.05, 0) is 82.5 Å². The second-order valence-electron chi connectivity index (χ2n) is 12.8. The maximum absolute atomic E-state index is 14.3. The number of hydrogen-bond donors (Lipinski definition) is 5. The van der Waals surface area contributed by atoms with Crippen molar-refractivity contribution in [1.82, 2.24) is 9.80 Å². The Morgan fingerprint density at radius 1 is 1.11 bits per heavy atom. The summed E-state index contributed by atoms with van der Waals surface area (Å²) >= 11 is 0. The minimum atomic E-state index is -2.69. The molecular weight excluding hydrogens is 568 g/mol. The number of aliphatic hydroxyl groups excluding tert-OH is 2. The first-order valence-corrected chi connectivity index (χ1v) is 14.8. The van der Waals surface area contributed by atoms with Crippen molar-refractivity contribution in [2.45, 2.75) is 43.9 Å². The molecule has 6 N–H and O–H groups in total. The zero-order chi connectivity index (χ0) is 31.8. The number of ketones is 2. The van der Waals surface area contributed by atoms with Gasteiger partial charge in [0.25, 0.3) is 5.91 Å². The minimum absolute atomic E-state index is 0.0270. The second-order valence-corrected chi connectivity index (χ2v) is 12.8. The average Bonchev–Trinajstić information content (AvgIpc) is 3.63. The predicted octanol–water partition coefficient (Wildman–Crippen LogP) is 2.04. The molecule has 0 spiro atoms. The zero-order valence-corrected chi connectivity index (χ0v) is 25.3. The molecule has 3 aliphatic carbocycles. The zero-order valence-electron chi connectivity index (χ0n) is 25.3. The van der Waals surface area contributed by atoms with Crippen molar-refractivity contribution in [1.29, 1.82) is 0 Å². The van der Waals surface area contributed by atoms with Crippen LogP contribution in [0.5, 0.6) is 5.75 Å². The van der Waals surface area contributed by atoms with E-state index in [1.54, 1.807) is 26.2 Å². The van der Waals surface area contributed by atoms with Crippen molar-refractivity contribution in [3.05, 3.63) is 57.8 Å². The van der Waals surface area contributed by atoms with Crippen LogP contribution in [0.4, 0.5) is 5.69 Å². The number of aromatic hydroxyl groups is 1. The molecule has 234 valence electrons. The van der Waals surface area contributed by atoms with Gasteiger partial charge in [0.1, 0.15) is 34.4 Å². The van der Waals surface area contributed by atoms with E-state index in [0.717, 1.165) is 31.7 Å². The summed E-state index contributed by atoms with van der Waals surface area (Å²) in [6.07, 6.45) is 2.50. The van der Waals surface area contributed by atoms with Crippen LogP contribution < -0.4 is 10.6 Å². The van der Waals surface area contributed by atoms with Gasteiger partial charge >= 0.3 is 0 Å². The van der Waals surface area contributed by atoms with E-state index in [1.807, 2.05) is 25.1 Å². The Labute approximate surface area is 254 Å². The predicted molar refractivity (Wildman–Crippen MR) is 160 cm³/mol. The number of rotatable bonds is 6. The summed E-state index contributed by atoms with van der Waals surface area (Å²) < 4.78 is 6.13. The molecule has 12 heteroatoms. The molecule has 1 aliphatic heterocycles. The first kappa shape index (κ1) is 29.9. The van der Waals surface area contributed by atoms with Crippen molar-refractivity contribution in [2.75, 3.05) is 46.2 Å². The van der Waals surface area contributed by atoms with E-state index in [1.165, 1.54) is 4.90 Å². The highest BCUT2D eigenvalue weighted by atomic mass is 16.4. The number of phenolic OH excluding ortho intramolecular Hbond substituents is 1. The molecule has 4 atom stereocenters. The molecule has 1 fully saturated rings. The number of amides is 1. The largest absolute Gasteiger partial charge is 0.510 e. The SMILES string of the molecule is CN(C)c1cc(-c2ccc(CN3CCCC3)o2)c(O)c2c1CC1CC3[C@H](N(C)C)C(O)=C(C(N)=O)C(=O)C3(O)C(O)=C1C2=O. The number of primary amides is 1. The molecule has 0 radical (unpaired) electrons. The summed E-state index contributed by atoms with van der Waals surface area (Å²) in [6, 6.07) is 4.33. The summed E-state index contributed by atoms with van der Waals surface area (Å²) in [7, 11) is 6.84. The Bertz CT molecular complexity index is 1650. The first-order valence-electron chi connectivity index (χ1n) is 14.8. The number of carbonyl (C=O) groups excluding carboxylic acids is 3. The number of furan rings is 1. The van der Waals surface area contributed by atoms with E-state index in [9.17, 15) is 34.8 Å². The number of nitrogens with two attached hydrogens (primary N) is 1. The van der Waals surface area contributed by atoms with Gasteiger partial charge in [-0.3, -0.25) is 24.2 Å². The maximum atomic E-state index is 14.3. The van der Waals surface area contributed by atoms with Crippen molar-refractivity contribution >= 4 is 23.2 Å². The topological polar surface area (TPSA) is 181 Å². The highest BCUT2D eigenvalue weighted by molar-refractivity contribution is 6.25. The lowest BCUT2D eigenvalue weighted by Gasteiger charge is -2.50. The minimum Gasteiger partial charge on any atom is -0.510 e. The fourth-order valence-corrected chi connectivity index (χ4v) is 7.65. The molecule has 2 heterocycles. The molecule has 0 bridgehead atoms. The van der Waals surface area contributed by atoms with Gasteiger partial charge in [-0.2, -0.15) is 0 Å². The number of phenols is 1. The fourth-order valence-electron chi connectivity index (χ4n) is 7.65. The normalized spacial score (nSPS) is 27.1. The number of hydrogen-bond acceptors (Lipinski definition) is 11. The quantitative estimate of drug-likeness (QED) is 0.304. The molecule has 1 aromatic heterocycles. The van der Waals surface area contributed by atoms with Crippen molar-refractivity contribution in [2.24, 2.45) is 17.6 Å². The van der Waals surface area contributed by atoms with Gasteiger partial charge in [-0.1, -0.05) is 0 Å². The molecule has 4 aliphatic rings. The van der Waals surface area contributed by atoms with Gasteiger partial charge in [-0.25, -0.2) is 0 Å². The molecule has 12 nitrogen and oxygen atoms in total. The lowest BCUT2D eigenvalue weighted by Crippen LogP contribution is -2.63. The third-order valence-electron chi connectivity index (χ3n) is 9.69. The number of carbonyl (C=O) groups is 3. The Balaban J connectivity index is 1.49. The summed E-state index contributed by atoms with van der Waals surface area (Å²) in [4.78, 5) is 45.7. The summed E-state index contributed by atoms with van der Waals surface area (Å²) in [5, 5.41) is 46.0. The molecule has 1 saturated heterocycles. The van der Waals surface area contributed by atoms with Crippen LogP contribution in [0, 0.1) is 11.8 Å². The lowest BCUT2D eigenvalue weighted by molar-refractivity contribution is -0.148. The summed E-state index contributed by atoms with van der Waals surface area (Å²) in [5.41, 5.74) is 3.17. The van der Waals surface area contributed by atoms with Crippen LogP contribution in [0.3, 0.4) is 0 Å². The number of fused-ring (bicyclic) bond motifs is 3. The number of likely N-dealkylation sites (N-methyl/N-ethyl adjacent to an activating group) is 1. The van der Waals surface area contributed by atoms with Crippen LogP contribution >= 0.6 is 0 Å². The molecule has 44 heavy (non-hydrogen) atoms. The van der Waals surface area contributed by atoms with Crippen LogP contribution in [0.1, 0.15) is 40.9 Å². The van der Waals surface area contributed by atoms with Gasteiger partial charge in [0.05, 0.1) is 23.7 Å². The van der Waals surface area contributed by atoms with E-state index in [0.29, 0.717) is 29.1 Å². The van der Waals surface area contributed by atoms with Crippen LogP contribution in [0.2, 0.25) is 0 Å². The van der Waals surface area contributed by atoms with Crippen LogP contribution in [0.15, 0.2) is 45.3 Å². The van der Waals surface area contributed by atoms with Crippen LogP contribution in [-0.2, 0) is 22.6 Å². The number of benzene rings is 1. The third-order valence-corrected chi connectivity index (χ3v) is 9.69. The standard InChI is InChI=1S/C32H38N4O8/c1-34(2)20-13-18(21-8-7-16(44-21)14-36-9-5-6-10-36)26(37)23-17(20)11-15-12-19-25(35(3)4)28(39)24(31(33)42)30(41)32(19,43)29(40)22(15)27(23)38/h7-8,13,15,19,25,37,39-40,43H,5-6,9-12,14H2,1-4H3,(H2,33,42)/t15?,19?,25-,32?/m0/s1. The monoisotopic (exact) mass is 606 g/mol. The lowest BCUT2D eigenvalue weighted by atomic mass is 9.58. The summed E-state index contributed by atoms with van der Waals surface area (Å²) in [6.45, 7) is 2.60. The van der Waals surface area contributed by atoms with E-state index in [4.69, 9.17) is 10.2 Å². The Morgan fingerprint density at radius 3 is 2.41 bits per heavy atom. The smallest absolute Gasteiger partial charge is 0.255 e. The van der Waals surface area contributed by atoms with Crippen molar-refractivity contribution < 1.29 is 39.2 Å². The first-order chi connectivity index (χ1) is 20.8. The van der Waals surface area contributed by atoms with E-state index in [2.05, 4.69) is 4.90 Å². The molecule has 1 amide bonds. The van der Waals surface area contributed by atoms with Crippen LogP contribution in [0.25, 0.3) is 11.3 Å². The average molecular weight is 607 g/mol. The van der Waals surface area contributed by atoms with Gasteiger partial charge in [-0.15, -0.1) is 0 Å². The molecule has 6 rings (SSSR count). The molecule has 3 unspecified atom stereocenters. The highest BCUT2D eigenvalue weighted by Crippen LogP contribution is 2.54. The summed E-state index contributed by atoms with van der Waals surface area (Å²) in [5.74, 6) is -5.71. The highest BCUT2D eigenvalue weighted by Gasteiger charge is 2.63. The van der Waals surface area contributed by atoms with Gasteiger partial charge in [0, 0.05) is 31.3 Å². The van der Waals surface area contributed by atoms with E-state index >= 15 is 0 Å². The fraction of sp³-hybridized carbons (Fsp3) is 0.469. The number of Topliss-reactive ketones (excluding diaryl/α,β-unsaturated/α-hetero) is 2. The molecule has 2 aromatic rings. The Hall–Kier alpha value is -4.13. The number of nitrogens with zero attached hydrogens (tertiary/aromatic N) is 3. The maximum Gasteiger partial charge on any atom is 0.255 e.